The highest BCUT2D eigenvalue weighted by Crippen LogP contribution is 2.36. The van der Waals surface area contributed by atoms with Crippen molar-refractivity contribution in [3.63, 3.8) is 0 Å². The molecule has 2 aliphatic heterocycles. The van der Waals surface area contributed by atoms with Gasteiger partial charge in [-0.15, -0.1) is 0 Å². The minimum Gasteiger partial charge on any atom is -0.394 e. The van der Waals surface area contributed by atoms with Crippen LogP contribution in [-0.2, 0) is 9.47 Å². The Kier molecular flexibility index (Phi) is 11.3. The predicted octanol–water partition coefficient (Wildman–Crippen LogP) is 8.41. The summed E-state index contributed by atoms with van der Waals surface area (Å²) in [6.07, 6.45) is -1.43. The number of hydrogen-bond acceptors (Lipinski definition) is 6. The third kappa shape index (κ3) is 8.24. The van der Waals surface area contributed by atoms with Crippen LogP contribution < -0.4 is 0 Å². The molecule has 2 fully saturated rings. The van der Waals surface area contributed by atoms with Gasteiger partial charge in [-0.2, -0.15) is 0 Å². The molecule has 2 aliphatic rings. The van der Waals surface area contributed by atoms with Crippen molar-refractivity contribution in [1.82, 2.24) is 0 Å². The second kappa shape index (κ2) is 16.6. The van der Waals surface area contributed by atoms with Gasteiger partial charge in [0.25, 0.3) is 0 Å². The first-order valence-electron chi connectivity index (χ1n) is 17.9. The largest absolute Gasteiger partial charge is 0.394 e. The Balaban J connectivity index is 0.000000162. The maximum Gasteiger partial charge on any atom is 0.107 e. The molecule has 2 unspecified atom stereocenters. The lowest BCUT2D eigenvalue weighted by atomic mass is 9.98. The molecule has 2 heterocycles. The van der Waals surface area contributed by atoms with E-state index in [2.05, 4.69) is 97.1 Å². The average Bonchev–Trinajstić information content (AvgIpc) is 3.80. The summed E-state index contributed by atoms with van der Waals surface area (Å²) in [7, 11) is 0. The quantitative estimate of drug-likeness (QED) is 0.128. The van der Waals surface area contributed by atoms with Gasteiger partial charge in [-0.3, -0.25) is 0 Å². The summed E-state index contributed by atoms with van der Waals surface area (Å²) in [5, 5.41) is 38.2. The Morgan fingerprint density at radius 2 is 0.615 bits per heavy atom. The van der Waals surface area contributed by atoms with Crippen molar-refractivity contribution in [2.45, 2.75) is 49.5 Å². The first kappa shape index (κ1) is 35.5. The zero-order chi connectivity index (χ0) is 35.9. The molecule has 4 N–H and O–H groups in total. The van der Waals surface area contributed by atoms with Gasteiger partial charge in [0.05, 0.1) is 37.6 Å². The second-order valence-electron chi connectivity index (χ2n) is 13.4. The molecule has 264 valence electrons. The topological polar surface area (TPSA) is 99.4 Å². The van der Waals surface area contributed by atoms with E-state index in [4.69, 9.17) is 9.47 Å². The molecule has 6 nitrogen and oxygen atoms in total. The Morgan fingerprint density at radius 3 is 0.865 bits per heavy atom. The Morgan fingerprint density at radius 1 is 0.365 bits per heavy atom. The van der Waals surface area contributed by atoms with Crippen LogP contribution >= 0.6 is 0 Å². The van der Waals surface area contributed by atoms with E-state index in [0.717, 1.165) is 33.4 Å². The predicted molar refractivity (Wildman–Crippen MR) is 205 cm³/mol. The summed E-state index contributed by atoms with van der Waals surface area (Å²) in [6.45, 7) is -0.299. The van der Waals surface area contributed by atoms with E-state index in [1.807, 2.05) is 60.7 Å². The Hall–Kier alpha value is -4.92. The smallest absolute Gasteiger partial charge is 0.107 e. The molecule has 6 heteroatoms. The number of rotatable bonds is 8. The Bertz CT molecular complexity index is 1830. The van der Waals surface area contributed by atoms with Gasteiger partial charge in [-0.25, -0.2) is 0 Å². The third-order valence-corrected chi connectivity index (χ3v) is 10.0. The lowest BCUT2D eigenvalue weighted by Crippen LogP contribution is -2.24. The minimum atomic E-state index is -0.602. The van der Waals surface area contributed by atoms with Crippen LogP contribution in [0.5, 0.6) is 0 Å². The van der Waals surface area contributed by atoms with Crippen molar-refractivity contribution in [3.05, 3.63) is 169 Å². The van der Waals surface area contributed by atoms with Crippen LogP contribution in [0, 0.1) is 0 Å². The molecule has 6 aromatic carbocycles. The highest BCUT2D eigenvalue weighted by atomic mass is 16.5. The molecule has 0 amide bonds. The van der Waals surface area contributed by atoms with Crippen LogP contribution in [-0.4, -0.2) is 58.1 Å². The maximum atomic E-state index is 9.89. The molecule has 0 aromatic heterocycles. The van der Waals surface area contributed by atoms with Gasteiger partial charge in [0.1, 0.15) is 12.2 Å². The summed E-state index contributed by atoms with van der Waals surface area (Å²) in [4.78, 5) is 0. The van der Waals surface area contributed by atoms with Crippen molar-refractivity contribution in [3.8, 4) is 44.5 Å². The van der Waals surface area contributed by atoms with E-state index in [0.29, 0.717) is 12.8 Å². The molecule has 52 heavy (non-hydrogen) atoms. The van der Waals surface area contributed by atoms with Gasteiger partial charge in [0.15, 0.2) is 0 Å². The van der Waals surface area contributed by atoms with Gasteiger partial charge in [0.2, 0.25) is 0 Å². The third-order valence-electron chi connectivity index (χ3n) is 10.0. The molecule has 6 atom stereocenters. The van der Waals surface area contributed by atoms with Crippen LogP contribution in [0.3, 0.4) is 0 Å². The minimum absolute atomic E-state index is 0.149. The first-order valence-corrected chi connectivity index (χ1v) is 17.9. The summed E-state index contributed by atoms with van der Waals surface area (Å²) >= 11 is 0. The van der Waals surface area contributed by atoms with Gasteiger partial charge < -0.3 is 29.9 Å². The molecular formula is C46H44O6. The zero-order valence-corrected chi connectivity index (χ0v) is 28.9. The number of ether oxygens (including phenoxy) is 2. The van der Waals surface area contributed by atoms with Crippen molar-refractivity contribution in [1.29, 1.82) is 0 Å². The molecule has 8 rings (SSSR count). The lowest BCUT2D eigenvalue weighted by Gasteiger charge is -2.13. The summed E-state index contributed by atoms with van der Waals surface area (Å²) < 4.78 is 11.4. The van der Waals surface area contributed by atoms with Crippen LogP contribution in [0.4, 0.5) is 0 Å². The van der Waals surface area contributed by atoms with E-state index >= 15 is 0 Å². The van der Waals surface area contributed by atoms with Gasteiger partial charge in [0, 0.05) is 12.8 Å². The molecular weight excluding hydrogens is 649 g/mol. The van der Waals surface area contributed by atoms with E-state index < -0.39 is 24.4 Å². The fraction of sp³-hybridized carbons (Fsp3) is 0.217. The van der Waals surface area contributed by atoms with E-state index in [9.17, 15) is 20.4 Å². The maximum absolute atomic E-state index is 9.89. The average molecular weight is 693 g/mol. The van der Waals surface area contributed by atoms with Crippen molar-refractivity contribution in [2.24, 2.45) is 0 Å². The second-order valence-corrected chi connectivity index (χ2v) is 13.4. The van der Waals surface area contributed by atoms with Crippen molar-refractivity contribution >= 4 is 0 Å². The summed E-state index contributed by atoms with van der Waals surface area (Å²) in [5.41, 5.74) is 11.5. The van der Waals surface area contributed by atoms with E-state index in [-0.39, 0.29) is 25.4 Å². The lowest BCUT2D eigenvalue weighted by molar-refractivity contribution is -0.0225. The Labute approximate surface area is 305 Å². The number of hydrogen-bond donors (Lipinski definition) is 4. The van der Waals surface area contributed by atoms with Crippen molar-refractivity contribution in [2.75, 3.05) is 13.2 Å². The zero-order valence-electron chi connectivity index (χ0n) is 28.9. The summed E-state index contributed by atoms with van der Waals surface area (Å²) in [5.74, 6) is 0. The van der Waals surface area contributed by atoms with Crippen molar-refractivity contribution < 1.29 is 29.9 Å². The molecule has 2 saturated heterocycles. The number of benzene rings is 6. The monoisotopic (exact) mass is 692 g/mol. The van der Waals surface area contributed by atoms with Crippen LogP contribution in [0.25, 0.3) is 44.5 Å². The van der Waals surface area contributed by atoms with Gasteiger partial charge >= 0.3 is 0 Å². The van der Waals surface area contributed by atoms with Gasteiger partial charge in [-0.05, 0) is 55.6 Å². The van der Waals surface area contributed by atoms with Crippen LogP contribution in [0.1, 0.15) is 36.2 Å². The highest BCUT2D eigenvalue weighted by Gasteiger charge is 2.35. The van der Waals surface area contributed by atoms with Crippen LogP contribution in [0.2, 0.25) is 0 Å². The fourth-order valence-corrected chi connectivity index (χ4v) is 6.97. The first-order chi connectivity index (χ1) is 25.5. The fourth-order valence-electron chi connectivity index (χ4n) is 6.97. The molecule has 0 radical (unpaired) electrons. The summed E-state index contributed by atoms with van der Waals surface area (Å²) in [6, 6.07) is 54.2. The number of aliphatic hydroxyl groups excluding tert-OH is 4. The molecule has 0 bridgehead atoms. The highest BCUT2D eigenvalue weighted by molar-refractivity contribution is 5.71. The SMILES string of the molecule is OC[C@H]1O[C@@H](c2ccc(-c3ccc(-c4ccccc4)cc3)cc2)CC1O.OC[C@H]1O[C@H](c2ccc(-c3ccc(-c4ccccc4)cc3)cc2)CC1O. The van der Waals surface area contributed by atoms with E-state index in [1.165, 1.54) is 22.3 Å². The molecule has 0 spiro atoms. The van der Waals surface area contributed by atoms with Gasteiger partial charge in [-0.1, -0.05) is 158 Å². The molecule has 6 aromatic rings. The van der Waals surface area contributed by atoms with E-state index in [1.54, 1.807) is 0 Å². The molecule has 0 saturated carbocycles. The normalized spacial score (nSPS) is 22.5. The molecule has 0 aliphatic carbocycles. The standard InChI is InChI=1S/2C23H22O3/c2*24-15-23-21(25)14-22(26-23)20-12-10-19(11-13-20)18-8-6-17(7-9-18)16-4-2-1-3-5-16/h2*1-13,21-25H,14-15H2/t21?,22-,23+;21?,22-,23-/m01/s1. The number of aliphatic hydroxyl groups is 4. The van der Waals surface area contributed by atoms with Crippen LogP contribution in [0.15, 0.2) is 158 Å².